The Bertz CT molecular complexity index is 456. The van der Waals surface area contributed by atoms with E-state index in [1.54, 1.807) is 22.9 Å². The van der Waals surface area contributed by atoms with Crippen LogP contribution in [-0.2, 0) is 6.54 Å². The number of hydrogen-bond acceptors (Lipinski definition) is 3. The van der Waals surface area contributed by atoms with Gasteiger partial charge in [0, 0.05) is 23.5 Å². The van der Waals surface area contributed by atoms with E-state index in [9.17, 15) is 4.39 Å². The van der Waals surface area contributed by atoms with Crippen molar-refractivity contribution < 1.29 is 4.39 Å². The van der Waals surface area contributed by atoms with E-state index in [2.05, 4.69) is 10.3 Å². The van der Waals surface area contributed by atoms with Gasteiger partial charge in [-0.3, -0.25) is 0 Å². The first-order valence-corrected chi connectivity index (χ1v) is 6.60. The zero-order valence-electron chi connectivity index (χ0n) is 9.69. The van der Waals surface area contributed by atoms with Crippen LogP contribution in [0.3, 0.4) is 0 Å². The van der Waals surface area contributed by atoms with Crippen molar-refractivity contribution in [2.24, 2.45) is 0 Å². The summed E-state index contributed by atoms with van der Waals surface area (Å²) in [5.41, 5.74) is 3.54. The fraction of sp³-hybridized carbons (Fsp3) is 0.308. The molecule has 2 aromatic rings. The lowest BCUT2D eigenvalue weighted by Gasteiger charge is -2.17. The van der Waals surface area contributed by atoms with Gasteiger partial charge in [0.25, 0.3) is 0 Å². The Labute approximate surface area is 105 Å². The van der Waals surface area contributed by atoms with Crippen LogP contribution in [0.1, 0.15) is 30.6 Å². The van der Waals surface area contributed by atoms with Crippen molar-refractivity contribution in [2.45, 2.75) is 25.9 Å². The molecule has 0 aliphatic rings. The van der Waals surface area contributed by atoms with Crippen molar-refractivity contribution in [3.8, 4) is 0 Å². The van der Waals surface area contributed by atoms with Crippen LogP contribution in [0.4, 0.5) is 4.39 Å². The average Bonchev–Trinajstić information content (AvgIpc) is 2.85. The molecule has 0 amide bonds. The van der Waals surface area contributed by atoms with Gasteiger partial charge in [0.1, 0.15) is 5.82 Å². The normalized spacial score (nSPS) is 12.6. The van der Waals surface area contributed by atoms with Gasteiger partial charge < -0.3 is 5.32 Å². The van der Waals surface area contributed by atoms with Gasteiger partial charge in [0.05, 0.1) is 11.2 Å². The summed E-state index contributed by atoms with van der Waals surface area (Å²) in [6.45, 7) is 2.72. The van der Waals surface area contributed by atoms with Crippen molar-refractivity contribution >= 4 is 11.3 Å². The highest BCUT2D eigenvalue weighted by Crippen LogP contribution is 2.20. The molecule has 1 unspecified atom stereocenters. The number of hydrogen-bond donors (Lipinski definition) is 1. The van der Waals surface area contributed by atoms with Gasteiger partial charge in [-0.15, -0.1) is 11.3 Å². The maximum absolute atomic E-state index is 13.6. The zero-order valence-corrected chi connectivity index (χ0v) is 10.5. The van der Waals surface area contributed by atoms with Crippen LogP contribution in [0, 0.1) is 5.82 Å². The molecule has 0 saturated carbocycles. The third-order valence-corrected chi connectivity index (χ3v) is 3.34. The second kappa shape index (κ2) is 5.89. The van der Waals surface area contributed by atoms with E-state index in [0.29, 0.717) is 6.54 Å². The predicted octanol–water partition coefficient (Wildman–Crippen LogP) is 3.52. The summed E-state index contributed by atoms with van der Waals surface area (Å²) in [6, 6.07) is 6.95. The van der Waals surface area contributed by atoms with Crippen molar-refractivity contribution in [2.75, 3.05) is 0 Å². The molecule has 2 rings (SSSR count). The molecule has 2 nitrogen and oxygen atoms in total. The van der Waals surface area contributed by atoms with E-state index in [1.807, 2.05) is 24.4 Å². The first kappa shape index (κ1) is 12.2. The van der Waals surface area contributed by atoms with Crippen LogP contribution < -0.4 is 5.32 Å². The smallest absolute Gasteiger partial charge is 0.127 e. The maximum atomic E-state index is 13.6. The van der Waals surface area contributed by atoms with Gasteiger partial charge in [-0.1, -0.05) is 25.1 Å². The molecule has 0 saturated heterocycles. The minimum atomic E-state index is -0.148. The van der Waals surface area contributed by atoms with Crippen LogP contribution in [0.5, 0.6) is 0 Å². The standard InChI is InChI=1S/C13H15FN2S/c1-2-13(11-5-3-4-6-12(11)14)15-7-10-8-17-9-16-10/h3-6,8-9,13,15H,2,7H2,1H3. The van der Waals surface area contributed by atoms with Crippen LogP contribution >= 0.6 is 11.3 Å². The fourth-order valence-corrected chi connectivity index (χ4v) is 2.34. The molecular formula is C13H15FN2S. The monoisotopic (exact) mass is 250 g/mol. The Balaban J connectivity index is 2.04. The maximum Gasteiger partial charge on any atom is 0.127 e. The van der Waals surface area contributed by atoms with Gasteiger partial charge in [-0.25, -0.2) is 9.37 Å². The third-order valence-electron chi connectivity index (χ3n) is 2.70. The molecule has 0 bridgehead atoms. The summed E-state index contributed by atoms with van der Waals surface area (Å²) in [4.78, 5) is 4.20. The van der Waals surface area contributed by atoms with Crippen LogP contribution in [0.2, 0.25) is 0 Å². The summed E-state index contributed by atoms with van der Waals surface area (Å²) >= 11 is 1.57. The van der Waals surface area contributed by atoms with E-state index < -0.39 is 0 Å². The van der Waals surface area contributed by atoms with E-state index >= 15 is 0 Å². The molecule has 1 heterocycles. The van der Waals surface area contributed by atoms with Crippen LogP contribution in [0.25, 0.3) is 0 Å². The Morgan fingerprint density at radius 2 is 2.24 bits per heavy atom. The zero-order chi connectivity index (χ0) is 12.1. The number of benzene rings is 1. The lowest BCUT2D eigenvalue weighted by Crippen LogP contribution is -2.21. The Morgan fingerprint density at radius 1 is 1.41 bits per heavy atom. The molecule has 1 aromatic carbocycles. The number of rotatable bonds is 5. The molecule has 0 fully saturated rings. The fourth-order valence-electron chi connectivity index (χ4n) is 1.78. The van der Waals surface area contributed by atoms with Crippen molar-refractivity contribution in [3.63, 3.8) is 0 Å². The topological polar surface area (TPSA) is 24.9 Å². The van der Waals surface area contributed by atoms with Gasteiger partial charge in [-0.05, 0) is 12.5 Å². The Morgan fingerprint density at radius 3 is 2.88 bits per heavy atom. The Kier molecular flexibility index (Phi) is 4.23. The second-order valence-corrected chi connectivity index (χ2v) is 4.56. The summed E-state index contributed by atoms with van der Waals surface area (Å²) in [7, 11) is 0. The van der Waals surface area contributed by atoms with E-state index in [0.717, 1.165) is 17.7 Å². The highest BCUT2D eigenvalue weighted by atomic mass is 32.1. The highest BCUT2D eigenvalue weighted by Gasteiger charge is 2.12. The molecule has 0 spiro atoms. The molecule has 4 heteroatoms. The number of halogens is 1. The largest absolute Gasteiger partial charge is 0.304 e. The minimum absolute atomic E-state index is 0.0397. The number of nitrogens with one attached hydrogen (secondary N) is 1. The Hall–Kier alpha value is -1.26. The molecule has 17 heavy (non-hydrogen) atoms. The highest BCUT2D eigenvalue weighted by molar-refractivity contribution is 7.07. The minimum Gasteiger partial charge on any atom is -0.304 e. The predicted molar refractivity (Wildman–Crippen MR) is 68.4 cm³/mol. The molecule has 1 aromatic heterocycles. The number of nitrogens with zero attached hydrogens (tertiary/aromatic N) is 1. The van der Waals surface area contributed by atoms with Crippen molar-refractivity contribution in [1.82, 2.24) is 10.3 Å². The molecular weight excluding hydrogens is 235 g/mol. The number of thiazole rings is 1. The number of aromatic nitrogens is 1. The van der Waals surface area contributed by atoms with Gasteiger partial charge in [0.15, 0.2) is 0 Å². The average molecular weight is 250 g/mol. The van der Waals surface area contributed by atoms with E-state index in [4.69, 9.17) is 0 Å². The lowest BCUT2D eigenvalue weighted by atomic mass is 10.0. The van der Waals surface area contributed by atoms with Gasteiger partial charge in [0.2, 0.25) is 0 Å². The van der Waals surface area contributed by atoms with E-state index in [-0.39, 0.29) is 11.9 Å². The molecule has 0 aliphatic carbocycles. The summed E-state index contributed by atoms with van der Waals surface area (Å²) in [5.74, 6) is -0.148. The molecule has 1 N–H and O–H groups in total. The summed E-state index contributed by atoms with van der Waals surface area (Å²) in [5, 5.41) is 5.33. The van der Waals surface area contributed by atoms with Crippen molar-refractivity contribution in [3.05, 3.63) is 52.2 Å². The van der Waals surface area contributed by atoms with Gasteiger partial charge >= 0.3 is 0 Å². The first-order valence-electron chi connectivity index (χ1n) is 5.66. The van der Waals surface area contributed by atoms with Crippen LogP contribution in [-0.4, -0.2) is 4.98 Å². The second-order valence-electron chi connectivity index (χ2n) is 3.84. The summed E-state index contributed by atoms with van der Waals surface area (Å²) in [6.07, 6.45) is 0.852. The van der Waals surface area contributed by atoms with Crippen molar-refractivity contribution in [1.29, 1.82) is 0 Å². The molecule has 1 atom stereocenters. The SMILES string of the molecule is CCC(NCc1cscn1)c1ccccc1F. The first-order chi connectivity index (χ1) is 8.31. The quantitative estimate of drug-likeness (QED) is 0.878. The summed E-state index contributed by atoms with van der Waals surface area (Å²) < 4.78 is 13.6. The molecule has 90 valence electrons. The van der Waals surface area contributed by atoms with Gasteiger partial charge in [-0.2, -0.15) is 0 Å². The molecule has 0 radical (unpaired) electrons. The molecule has 0 aliphatic heterocycles. The lowest BCUT2D eigenvalue weighted by molar-refractivity contribution is 0.485. The van der Waals surface area contributed by atoms with E-state index in [1.165, 1.54) is 6.07 Å². The third kappa shape index (κ3) is 3.11. The van der Waals surface area contributed by atoms with Crippen LogP contribution in [0.15, 0.2) is 35.2 Å².